The van der Waals surface area contributed by atoms with E-state index >= 15 is 0 Å². The molecule has 0 aromatic rings. The highest BCUT2D eigenvalue weighted by molar-refractivity contribution is 9.09. The molecule has 17 heavy (non-hydrogen) atoms. The number of alkyl halides is 1. The molecule has 0 N–H and O–H groups in total. The highest BCUT2D eigenvalue weighted by atomic mass is 79.9. The fourth-order valence-corrected chi connectivity index (χ4v) is 3.57. The van der Waals surface area contributed by atoms with Crippen molar-refractivity contribution in [2.75, 3.05) is 38.7 Å². The normalized spacial score (nSPS) is 20.5. The first-order valence-corrected chi connectivity index (χ1v) is 8.17. The zero-order valence-corrected chi connectivity index (χ0v) is 13.1. The molecule has 0 aromatic heterocycles. The van der Waals surface area contributed by atoms with E-state index in [1.54, 1.807) is 0 Å². The second kappa shape index (κ2) is 8.49. The summed E-state index contributed by atoms with van der Waals surface area (Å²) in [5, 5.41) is 1.15. The molecule has 0 heterocycles. The third-order valence-electron chi connectivity index (χ3n) is 3.87. The Bertz CT molecular complexity index is 191. The fourth-order valence-electron chi connectivity index (χ4n) is 2.83. The van der Waals surface area contributed by atoms with Gasteiger partial charge in [0.15, 0.2) is 0 Å². The Balaban J connectivity index is 2.37. The summed E-state index contributed by atoms with van der Waals surface area (Å²) < 4.78 is 5.43. The summed E-state index contributed by atoms with van der Waals surface area (Å²) in [6.45, 7) is 6.03. The van der Waals surface area contributed by atoms with Gasteiger partial charge in [-0.3, -0.25) is 0 Å². The predicted octanol–water partition coefficient (Wildman–Crippen LogP) is 3.69. The van der Waals surface area contributed by atoms with E-state index in [1.165, 1.54) is 45.1 Å². The van der Waals surface area contributed by atoms with E-state index in [4.69, 9.17) is 4.74 Å². The Kier molecular flexibility index (Phi) is 7.72. The maximum atomic E-state index is 5.43. The van der Waals surface area contributed by atoms with Crippen LogP contribution in [0.1, 0.15) is 45.4 Å². The molecule has 1 aliphatic rings. The average Bonchev–Trinajstić information content (AvgIpc) is 2.56. The molecule has 1 rings (SSSR count). The zero-order chi connectivity index (χ0) is 12.6. The van der Waals surface area contributed by atoms with Crippen LogP contribution in [-0.2, 0) is 4.74 Å². The van der Waals surface area contributed by atoms with Gasteiger partial charge in [0.05, 0.1) is 6.61 Å². The highest BCUT2D eigenvalue weighted by Gasteiger charge is 2.30. The fraction of sp³-hybridized carbons (Fsp3) is 1.00. The summed E-state index contributed by atoms with van der Waals surface area (Å²) in [6, 6.07) is 0. The molecule has 3 heteroatoms. The van der Waals surface area contributed by atoms with Gasteiger partial charge in [-0.05, 0) is 32.2 Å². The molecule has 0 unspecified atom stereocenters. The topological polar surface area (TPSA) is 12.5 Å². The quantitative estimate of drug-likeness (QED) is 0.404. The number of ether oxygens (including phenoxy) is 1. The molecule has 0 amide bonds. The van der Waals surface area contributed by atoms with Gasteiger partial charge < -0.3 is 9.64 Å². The van der Waals surface area contributed by atoms with Crippen molar-refractivity contribution in [1.82, 2.24) is 4.90 Å². The zero-order valence-electron chi connectivity index (χ0n) is 11.5. The van der Waals surface area contributed by atoms with Gasteiger partial charge >= 0.3 is 0 Å². The summed E-state index contributed by atoms with van der Waals surface area (Å²) in [4.78, 5) is 2.45. The van der Waals surface area contributed by atoms with Crippen molar-refractivity contribution in [2.45, 2.75) is 45.4 Å². The summed E-state index contributed by atoms with van der Waals surface area (Å²) >= 11 is 3.76. The van der Waals surface area contributed by atoms with Crippen molar-refractivity contribution in [1.29, 1.82) is 0 Å². The Labute approximate surface area is 115 Å². The maximum absolute atomic E-state index is 5.43. The van der Waals surface area contributed by atoms with E-state index in [9.17, 15) is 0 Å². The van der Waals surface area contributed by atoms with E-state index in [-0.39, 0.29) is 0 Å². The van der Waals surface area contributed by atoms with Gasteiger partial charge in [0.1, 0.15) is 0 Å². The smallest absolute Gasteiger partial charge is 0.0593 e. The van der Waals surface area contributed by atoms with Crippen molar-refractivity contribution < 1.29 is 4.74 Å². The lowest BCUT2D eigenvalue weighted by Gasteiger charge is -2.35. The Morgan fingerprint density at radius 3 is 2.35 bits per heavy atom. The van der Waals surface area contributed by atoms with Gasteiger partial charge in [-0.15, -0.1) is 0 Å². The van der Waals surface area contributed by atoms with Crippen LogP contribution in [0, 0.1) is 5.41 Å². The average molecular weight is 306 g/mol. The molecule has 0 aromatic carbocycles. The van der Waals surface area contributed by atoms with Gasteiger partial charge in [0.2, 0.25) is 0 Å². The third-order valence-corrected chi connectivity index (χ3v) is 5.06. The summed E-state index contributed by atoms with van der Waals surface area (Å²) in [5.41, 5.74) is 0.511. The van der Waals surface area contributed by atoms with Crippen LogP contribution >= 0.6 is 15.9 Å². The summed E-state index contributed by atoms with van der Waals surface area (Å²) in [6.07, 6.45) is 8.44. The van der Waals surface area contributed by atoms with Crippen LogP contribution in [0.5, 0.6) is 0 Å². The molecule has 102 valence electrons. The minimum atomic E-state index is 0.511. The molecule has 0 radical (unpaired) electrons. The van der Waals surface area contributed by atoms with E-state index in [0.29, 0.717) is 5.41 Å². The molecule has 0 spiro atoms. The van der Waals surface area contributed by atoms with Crippen LogP contribution in [-0.4, -0.2) is 43.6 Å². The first-order chi connectivity index (χ1) is 8.22. The highest BCUT2D eigenvalue weighted by Crippen LogP contribution is 2.37. The lowest BCUT2D eigenvalue weighted by molar-refractivity contribution is 0.101. The molecule has 0 atom stereocenters. The van der Waals surface area contributed by atoms with Crippen LogP contribution in [0.15, 0.2) is 0 Å². The molecule has 2 nitrogen and oxygen atoms in total. The molecule has 0 saturated heterocycles. The molecule has 1 aliphatic carbocycles. The van der Waals surface area contributed by atoms with Crippen LogP contribution in [0.25, 0.3) is 0 Å². The van der Waals surface area contributed by atoms with Gasteiger partial charge in [-0.2, -0.15) is 0 Å². The van der Waals surface area contributed by atoms with Crippen LogP contribution in [0.4, 0.5) is 0 Å². The monoisotopic (exact) mass is 305 g/mol. The molecule has 1 fully saturated rings. The summed E-state index contributed by atoms with van der Waals surface area (Å²) in [5.74, 6) is 0. The van der Waals surface area contributed by atoms with E-state index < -0.39 is 0 Å². The Morgan fingerprint density at radius 1 is 1.18 bits per heavy atom. The number of halogens is 1. The van der Waals surface area contributed by atoms with Gasteiger partial charge in [0, 0.05) is 25.0 Å². The molecular formula is C14H28BrNO. The Hall–Kier alpha value is 0.400. The van der Waals surface area contributed by atoms with E-state index in [2.05, 4.69) is 34.8 Å². The van der Waals surface area contributed by atoms with Crippen LogP contribution in [0.3, 0.4) is 0 Å². The summed E-state index contributed by atoms with van der Waals surface area (Å²) in [7, 11) is 2.23. The van der Waals surface area contributed by atoms with Gasteiger partial charge in [-0.25, -0.2) is 0 Å². The van der Waals surface area contributed by atoms with Gasteiger partial charge in [-0.1, -0.05) is 41.6 Å². The van der Waals surface area contributed by atoms with Gasteiger partial charge in [0.25, 0.3) is 0 Å². The van der Waals surface area contributed by atoms with Crippen molar-refractivity contribution in [2.24, 2.45) is 5.41 Å². The molecular weight excluding hydrogens is 278 g/mol. The van der Waals surface area contributed by atoms with Crippen molar-refractivity contribution in [3.63, 3.8) is 0 Å². The first kappa shape index (κ1) is 15.5. The van der Waals surface area contributed by atoms with Crippen LogP contribution < -0.4 is 0 Å². The lowest BCUT2D eigenvalue weighted by atomic mass is 9.82. The molecule has 0 aliphatic heterocycles. The van der Waals surface area contributed by atoms with Crippen molar-refractivity contribution in [3.05, 3.63) is 0 Å². The van der Waals surface area contributed by atoms with Crippen LogP contribution in [0.2, 0.25) is 0 Å². The van der Waals surface area contributed by atoms with Crippen molar-refractivity contribution in [3.8, 4) is 0 Å². The first-order valence-electron chi connectivity index (χ1n) is 7.05. The SMILES string of the molecule is CCOCCN(C)CC1(CBr)CCCCCC1. The third kappa shape index (κ3) is 5.71. The van der Waals surface area contributed by atoms with Crippen molar-refractivity contribution >= 4 is 15.9 Å². The maximum Gasteiger partial charge on any atom is 0.0593 e. The second-order valence-electron chi connectivity index (χ2n) is 5.48. The standard InChI is InChI=1S/C14H28BrNO/c1-3-17-11-10-16(2)13-14(12-15)8-6-4-5-7-9-14/h3-13H2,1-2H3. The lowest BCUT2D eigenvalue weighted by Crippen LogP contribution is -2.38. The number of rotatable bonds is 7. The predicted molar refractivity (Wildman–Crippen MR) is 77.9 cm³/mol. The Morgan fingerprint density at radius 2 is 1.82 bits per heavy atom. The number of hydrogen-bond acceptors (Lipinski definition) is 2. The second-order valence-corrected chi connectivity index (χ2v) is 6.04. The largest absolute Gasteiger partial charge is 0.380 e. The number of likely N-dealkylation sites (N-methyl/N-ethyl adjacent to an activating group) is 1. The van der Waals surface area contributed by atoms with E-state index in [0.717, 1.165) is 25.1 Å². The number of nitrogens with zero attached hydrogens (tertiary/aromatic N) is 1. The van der Waals surface area contributed by atoms with E-state index in [1.807, 2.05) is 0 Å². The minimum Gasteiger partial charge on any atom is -0.380 e. The molecule has 0 bridgehead atoms. The number of hydrogen-bond donors (Lipinski definition) is 0. The minimum absolute atomic E-state index is 0.511. The molecule has 1 saturated carbocycles.